The molecule has 2 N–H and O–H groups in total. The van der Waals surface area contributed by atoms with Gasteiger partial charge >= 0.3 is 0 Å². The summed E-state index contributed by atoms with van der Waals surface area (Å²) < 4.78 is 5.55. The second-order valence-electron chi connectivity index (χ2n) is 6.88. The fourth-order valence-electron chi connectivity index (χ4n) is 3.41. The summed E-state index contributed by atoms with van der Waals surface area (Å²) in [6, 6.07) is 8.10. The molecule has 6 heteroatoms. The van der Waals surface area contributed by atoms with E-state index in [9.17, 15) is 0 Å². The molecule has 1 aromatic carbocycles. The molecular formula is C20H29N5O. The van der Waals surface area contributed by atoms with Crippen molar-refractivity contribution in [1.29, 1.82) is 0 Å². The van der Waals surface area contributed by atoms with Crippen LogP contribution in [0, 0.1) is 12.8 Å². The van der Waals surface area contributed by atoms with Gasteiger partial charge in [0, 0.05) is 37.6 Å². The van der Waals surface area contributed by atoms with Crippen LogP contribution in [-0.4, -0.2) is 48.7 Å². The van der Waals surface area contributed by atoms with Gasteiger partial charge in [0.25, 0.3) is 0 Å². The van der Waals surface area contributed by atoms with Crippen LogP contribution in [0.1, 0.15) is 24.6 Å². The molecule has 0 spiro atoms. The number of ether oxygens (including phenoxy) is 1. The highest BCUT2D eigenvalue weighted by atomic mass is 16.5. The van der Waals surface area contributed by atoms with Crippen LogP contribution in [0.15, 0.2) is 24.3 Å². The van der Waals surface area contributed by atoms with Crippen molar-refractivity contribution in [3.8, 4) is 5.75 Å². The number of likely N-dealkylation sites (tertiary alicyclic amines) is 1. The number of nitrogens with zero attached hydrogens (tertiary/aromatic N) is 3. The van der Waals surface area contributed by atoms with Crippen LogP contribution in [0.4, 0.5) is 17.5 Å². The molecule has 0 bridgehead atoms. The number of hydrogen-bond donors (Lipinski definition) is 2. The van der Waals surface area contributed by atoms with E-state index >= 15 is 0 Å². The molecular weight excluding hydrogens is 326 g/mol. The SMILES string of the molecule is CCN1CC(CCc2cc(Nc3nc(C)cc(NC)n3)ccc2OC)C1. The molecule has 6 nitrogen and oxygen atoms in total. The maximum absolute atomic E-state index is 5.55. The van der Waals surface area contributed by atoms with Crippen molar-refractivity contribution in [1.82, 2.24) is 14.9 Å². The van der Waals surface area contributed by atoms with Gasteiger partial charge in [0.15, 0.2) is 0 Å². The number of nitrogens with one attached hydrogen (secondary N) is 2. The molecule has 1 fully saturated rings. The van der Waals surface area contributed by atoms with Gasteiger partial charge < -0.3 is 20.3 Å². The van der Waals surface area contributed by atoms with Crippen molar-refractivity contribution >= 4 is 17.5 Å². The predicted octanol–water partition coefficient (Wildman–Crippen LogP) is 3.46. The highest BCUT2D eigenvalue weighted by molar-refractivity contribution is 5.58. The monoisotopic (exact) mass is 355 g/mol. The summed E-state index contributed by atoms with van der Waals surface area (Å²) >= 11 is 0. The lowest BCUT2D eigenvalue weighted by Crippen LogP contribution is -2.46. The first-order valence-corrected chi connectivity index (χ1v) is 9.31. The molecule has 2 aromatic rings. The van der Waals surface area contributed by atoms with Gasteiger partial charge in [0.1, 0.15) is 11.6 Å². The molecule has 1 aliphatic rings. The molecule has 0 radical (unpaired) electrons. The van der Waals surface area contributed by atoms with Gasteiger partial charge in [-0.05, 0) is 56.0 Å². The van der Waals surface area contributed by atoms with Gasteiger partial charge in [0.2, 0.25) is 5.95 Å². The maximum Gasteiger partial charge on any atom is 0.229 e. The lowest BCUT2D eigenvalue weighted by molar-refractivity contribution is 0.101. The molecule has 1 aromatic heterocycles. The van der Waals surface area contributed by atoms with E-state index in [0.29, 0.717) is 5.95 Å². The van der Waals surface area contributed by atoms with E-state index in [1.165, 1.54) is 25.1 Å². The Morgan fingerprint density at radius 1 is 1.23 bits per heavy atom. The van der Waals surface area contributed by atoms with Crippen molar-refractivity contribution in [2.75, 3.05) is 44.4 Å². The number of benzene rings is 1. The van der Waals surface area contributed by atoms with E-state index in [0.717, 1.165) is 41.8 Å². The number of hydrogen-bond acceptors (Lipinski definition) is 6. The van der Waals surface area contributed by atoms with Crippen LogP contribution < -0.4 is 15.4 Å². The third-order valence-corrected chi connectivity index (χ3v) is 4.95. The minimum atomic E-state index is 0.600. The molecule has 1 aliphatic heterocycles. The predicted molar refractivity (Wildman–Crippen MR) is 107 cm³/mol. The third kappa shape index (κ3) is 4.43. The standard InChI is InChI=1S/C20H29N5O/c1-5-25-12-15(13-25)6-7-16-11-17(8-9-18(16)26-4)23-20-22-14(2)10-19(21-3)24-20/h8-11,15H,5-7,12-13H2,1-4H3,(H2,21,22,23,24). The quantitative estimate of drug-likeness (QED) is 0.756. The zero-order chi connectivity index (χ0) is 18.5. The minimum absolute atomic E-state index is 0.600. The molecule has 3 rings (SSSR count). The van der Waals surface area contributed by atoms with E-state index in [4.69, 9.17) is 4.74 Å². The molecule has 26 heavy (non-hydrogen) atoms. The number of anilines is 3. The van der Waals surface area contributed by atoms with Crippen molar-refractivity contribution in [2.45, 2.75) is 26.7 Å². The van der Waals surface area contributed by atoms with Crippen LogP contribution >= 0.6 is 0 Å². The Morgan fingerprint density at radius 2 is 2.04 bits per heavy atom. The Labute approximate surface area is 156 Å². The van der Waals surface area contributed by atoms with Crippen LogP contribution in [0.3, 0.4) is 0 Å². The van der Waals surface area contributed by atoms with Crippen LogP contribution in [0.2, 0.25) is 0 Å². The lowest BCUT2D eigenvalue weighted by atomic mass is 9.92. The van der Waals surface area contributed by atoms with Crippen LogP contribution in [0.25, 0.3) is 0 Å². The Morgan fingerprint density at radius 3 is 2.73 bits per heavy atom. The number of methoxy groups -OCH3 is 1. The van der Waals surface area contributed by atoms with E-state index in [1.54, 1.807) is 7.11 Å². The van der Waals surface area contributed by atoms with Crippen molar-refractivity contribution in [3.05, 3.63) is 35.5 Å². The highest BCUT2D eigenvalue weighted by Crippen LogP contribution is 2.28. The molecule has 0 aliphatic carbocycles. The summed E-state index contributed by atoms with van der Waals surface area (Å²) in [4.78, 5) is 11.4. The second kappa shape index (κ2) is 8.36. The van der Waals surface area contributed by atoms with E-state index in [1.807, 2.05) is 32.2 Å². The largest absolute Gasteiger partial charge is 0.496 e. The Hall–Kier alpha value is -2.34. The third-order valence-electron chi connectivity index (χ3n) is 4.95. The molecule has 1 saturated heterocycles. The maximum atomic E-state index is 5.55. The normalized spacial score (nSPS) is 14.8. The average Bonchev–Trinajstić information content (AvgIpc) is 2.60. The molecule has 0 amide bonds. The first-order chi connectivity index (χ1) is 12.6. The van der Waals surface area contributed by atoms with Gasteiger partial charge in [-0.2, -0.15) is 4.98 Å². The van der Waals surface area contributed by atoms with Crippen LogP contribution in [0.5, 0.6) is 5.75 Å². The fourth-order valence-corrected chi connectivity index (χ4v) is 3.41. The smallest absolute Gasteiger partial charge is 0.229 e. The average molecular weight is 355 g/mol. The molecule has 2 heterocycles. The first-order valence-electron chi connectivity index (χ1n) is 9.31. The fraction of sp³-hybridized carbons (Fsp3) is 0.500. The Bertz CT molecular complexity index is 743. The van der Waals surface area contributed by atoms with Gasteiger partial charge in [0.05, 0.1) is 7.11 Å². The summed E-state index contributed by atoms with van der Waals surface area (Å²) in [6.45, 7) is 7.79. The summed E-state index contributed by atoms with van der Waals surface area (Å²) in [6.07, 6.45) is 2.22. The number of rotatable bonds is 8. The van der Waals surface area contributed by atoms with Gasteiger partial charge in [-0.1, -0.05) is 6.92 Å². The zero-order valence-corrected chi connectivity index (χ0v) is 16.2. The molecule has 0 atom stereocenters. The van der Waals surface area contributed by atoms with Crippen molar-refractivity contribution < 1.29 is 4.74 Å². The van der Waals surface area contributed by atoms with Gasteiger partial charge in [-0.3, -0.25) is 0 Å². The van der Waals surface area contributed by atoms with E-state index in [-0.39, 0.29) is 0 Å². The van der Waals surface area contributed by atoms with Gasteiger partial charge in [-0.25, -0.2) is 4.98 Å². The van der Waals surface area contributed by atoms with Crippen LogP contribution in [-0.2, 0) is 6.42 Å². The molecule has 0 unspecified atom stereocenters. The minimum Gasteiger partial charge on any atom is -0.496 e. The molecule has 0 saturated carbocycles. The Balaban J connectivity index is 1.69. The number of aryl methyl sites for hydroxylation is 2. The topological polar surface area (TPSA) is 62.3 Å². The highest BCUT2D eigenvalue weighted by Gasteiger charge is 2.24. The van der Waals surface area contributed by atoms with Crippen molar-refractivity contribution in [3.63, 3.8) is 0 Å². The summed E-state index contributed by atoms with van der Waals surface area (Å²) in [5, 5.41) is 6.38. The van der Waals surface area contributed by atoms with Crippen molar-refractivity contribution in [2.24, 2.45) is 5.92 Å². The lowest BCUT2D eigenvalue weighted by Gasteiger charge is -2.38. The molecule has 140 valence electrons. The summed E-state index contributed by atoms with van der Waals surface area (Å²) in [7, 11) is 3.59. The van der Waals surface area contributed by atoms with Gasteiger partial charge in [-0.15, -0.1) is 0 Å². The second-order valence-corrected chi connectivity index (χ2v) is 6.88. The summed E-state index contributed by atoms with van der Waals surface area (Å²) in [5.74, 6) is 3.15. The summed E-state index contributed by atoms with van der Waals surface area (Å²) in [5.41, 5.74) is 3.14. The number of aromatic nitrogens is 2. The Kier molecular flexibility index (Phi) is 5.93. The zero-order valence-electron chi connectivity index (χ0n) is 16.2. The van der Waals surface area contributed by atoms with E-state index < -0.39 is 0 Å². The first kappa shape index (κ1) is 18.5. The van der Waals surface area contributed by atoms with E-state index in [2.05, 4.69) is 38.5 Å².